The fraction of sp³-hybridized carbons (Fsp3) is 0.188. The molecule has 0 N–H and O–H groups in total. The van der Waals surface area contributed by atoms with Gasteiger partial charge in [-0.1, -0.05) is 66.7 Å². The Labute approximate surface area is 222 Å². The molecule has 0 bridgehead atoms. The van der Waals surface area contributed by atoms with Gasteiger partial charge in [0, 0.05) is 11.1 Å². The van der Waals surface area contributed by atoms with Crippen LogP contribution in [0.15, 0.2) is 84.9 Å². The van der Waals surface area contributed by atoms with Crippen LogP contribution in [-0.2, 0) is 9.47 Å². The number of aromatic nitrogens is 2. The van der Waals surface area contributed by atoms with Gasteiger partial charge in [0.1, 0.15) is 0 Å². The van der Waals surface area contributed by atoms with E-state index in [4.69, 9.17) is 9.47 Å². The van der Waals surface area contributed by atoms with Gasteiger partial charge in [-0.2, -0.15) is 0 Å². The highest BCUT2D eigenvalue weighted by Crippen LogP contribution is 2.34. The quantitative estimate of drug-likeness (QED) is 0.231. The summed E-state index contributed by atoms with van der Waals surface area (Å²) in [5.41, 5.74) is 5.77. The van der Waals surface area contributed by atoms with Gasteiger partial charge < -0.3 is 9.47 Å². The summed E-state index contributed by atoms with van der Waals surface area (Å²) >= 11 is 0. The van der Waals surface area contributed by atoms with Crippen molar-refractivity contribution in [3.63, 3.8) is 0 Å². The molecule has 0 aliphatic rings. The van der Waals surface area contributed by atoms with Crippen LogP contribution in [0.2, 0.25) is 0 Å². The van der Waals surface area contributed by atoms with Crippen molar-refractivity contribution in [3.05, 3.63) is 107 Å². The van der Waals surface area contributed by atoms with E-state index in [2.05, 4.69) is 24.3 Å². The number of ether oxygens (including phenoxy) is 2. The minimum Gasteiger partial charge on any atom is -0.465 e. The van der Waals surface area contributed by atoms with Crippen LogP contribution in [0.3, 0.4) is 0 Å². The van der Waals surface area contributed by atoms with Crippen molar-refractivity contribution < 1.29 is 19.1 Å². The van der Waals surface area contributed by atoms with Crippen molar-refractivity contribution in [1.82, 2.24) is 9.35 Å². The summed E-state index contributed by atoms with van der Waals surface area (Å²) in [5, 5.41) is 2.21. The molecule has 3 aromatic carbocycles. The summed E-state index contributed by atoms with van der Waals surface area (Å²) in [7, 11) is 1.38. The first kappa shape index (κ1) is 25.1. The minimum atomic E-state index is -0.422. The molecule has 192 valence electrons. The zero-order valence-corrected chi connectivity index (χ0v) is 22.2. The summed E-state index contributed by atoms with van der Waals surface area (Å²) in [6, 6.07) is 28.0. The first-order valence-electron chi connectivity index (χ1n) is 12.6. The first-order chi connectivity index (χ1) is 18.3. The lowest BCUT2D eigenvalue weighted by Crippen LogP contribution is -2.18. The average molecular weight is 507 g/mol. The molecule has 2 heterocycles. The molecule has 0 aliphatic carbocycles. The number of nitrogens with zero attached hydrogens (tertiary/aromatic N) is 2. The first-order valence-corrected chi connectivity index (χ1v) is 12.6. The highest BCUT2D eigenvalue weighted by molar-refractivity contribution is 5.95. The van der Waals surface area contributed by atoms with Crippen molar-refractivity contribution in [3.8, 4) is 22.5 Å². The Hall–Kier alpha value is -4.58. The Balaban J connectivity index is 1.83. The predicted molar refractivity (Wildman–Crippen MR) is 149 cm³/mol. The highest BCUT2D eigenvalue weighted by atomic mass is 16.5. The lowest BCUT2D eigenvalue weighted by molar-refractivity contribution is 0.0376. The number of hydrogen-bond acceptors (Lipinski definition) is 4. The van der Waals surface area contributed by atoms with Crippen LogP contribution in [0.1, 0.15) is 46.0 Å². The standard InChI is InChI=1S/C32H30N2O4/c1-20(2)38-32(36)28-19-29(24-12-7-6-8-13-24)33(22(28)4)34-21(3)27(31(35)37-5)18-30(34)26-16-15-23-11-9-10-14-25(23)17-26/h6-20H,1-5H3. The Morgan fingerprint density at radius 2 is 1.21 bits per heavy atom. The van der Waals surface area contributed by atoms with Crippen LogP contribution in [-0.4, -0.2) is 34.5 Å². The van der Waals surface area contributed by atoms with Crippen LogP contribution in [0.5, 0.6) is 0 Å². The molecule has 0 saturated heterocycles. The molecular weight excluding hydrogens is 476 g/mol. The molecule has 0 radical (unpaired) electrons. The van der Waals surface area contributed by atoms with E-state index in [9.17, 15) is 9.59 Å². The predicted octanol–water partition coefficient (Wildman–Crippen LogP) is 7.06. The molecule has 6 nitrogen and oxygen atoms in total. The zero-order chi connectivity index (χ0) is 27.0. The molecule has 5 rings (SSSR count). The van der Waals surface area contributed by atoms with Gasteiger partial charge in [0.05, 0.1) is 47.1 Å². The fourth-order valence-electron chi connectivity index (χ4n) is 4.88. The third-order valence-electron chi connectivity index (χ3n) is 6.72. The monoisotopic (exact) mass is 506 g/mol. The number of esters is 2. The molecule has 0 amide bonds. The summed E-state index contributed by atoms with van der Waals surface area (Å²) in [5.74, 6) is -0.813. The van der Waals surface area contributed by atoms with Gasteiger partial charge in [-0.15, -0.1) is 0 Å². The number of benzene rings is 3. The summed E-state index contributed by atoms with van der Waals surface area (Å²) in [6.07, 6.45) is -0.252. The number of carbonyl (C=O) groups is 2. The molecule has 6 heteroatoms. The fourth-order valence-corrected chi connectivity index (χ4v) is 4.88. The maximum atomic E-state index is 13.1. The van der Waals surface area contributed by atoms with Gasteiger partial charge in [0.15, 0.2) is 0 Å². The van der Waals surface area contributed by atoms with E-state index < -0.39 is 11.9 Å². The Kier molecular flexibility index (Phi) is 6.64. The molecule has 5 aromatic rings. The van der Waals surface area contributed by atoms with Crippen molar-refractivity contribution in [2.24, 2.45) is 0 Å². The van der Waals surface area contributed by atoms with Gasteiger partial charge in [0.25, 0.3) is 0 Å². The maximum Gasteiger partial charge on any atom is 0.340 e. The smallest absolute Gasteiger partial charge is 0.340 e. The van der Waals surface area contributed by atoms with E-state index in [1.54, 1.807) is 0 Å². The number of methoxy groups -OCH3 is 1. The number of hydrogen-bond donors (Lipinski definition) is 0. The normalized spacial score (nSPS) is 11.2. The molecule has 0 fully saturated rings. The second-order valence-corrected chi connectivity index (χ2v) is 9.55. The molecule has 38 heavy (non-hydrogen) atoms. The van der Waals surface area contributed by atoms with Crippen molar-refractivity contribution in [1.29, 1.82) is 0 Å². The largest absolute Gasteiger partial charge is 0.465 e. The van der Waals surface area contributed by atoms with Crippen LogP contribution in [0.25, 0.3) is 33.3 Å². The molecule has 0 spiro atoms. The van der Waals surface area contributed by atoms with Crippen LogP contribution in [0.4, 0.5) is 0 Å². The third kappa shape index (κ3) is 4.39. The van der Waals surface area contributed by atoms with E-state index in [0.29, 0.717) is 22.5 Å². The topological polar surface area (TPSA) is 62.5 Å². The van der Waals surface area contributed by atoms with Gasteiger partial charge in [-0.3, -0.25) is 9.35 Å². The summed E-state index contributed by atoms with van der Waals surface area (Å²) in [6.45, 7) is 7.44. The summed E-state index contributed by atoms with van der Waals surface area (Å²) < 4.78 is 14.7. The molecule has 0 atom stereocenters. The van der Waals surface area contributed by atoms with Gasteiger partial charge in [0.2, 0.25) is 0 Å². The van der Waals surface area contributed by atoms with Crippen LogP contribution < -0.4 is 0 Å². The molecule has 0 aliphatic heterocycles. The SMILES string of the molecule is COC(=O)c1cc(-c2ccc3ccccc3c2)n(-n2c(-c3ccccc3)cc(C(=O)OC(C)C)c2C)c1C. The van der Waals surface area contributed by atoms with Gasteiger partial charge in [-0.25, -0.2) is 9.59 Å². The maximum absolute atomic E-state index is 13.1. The second-order valence-electron chi connectivity index (χ2n) is 9.55. The van der Waals surface area contributed by atoms with Crippen LogP contribution in [0, 0.1) is 13.8 Å². The van der Waals surface area contributed by atoms with E-state index in [0.717, 1.165) is 33.3 Å². The average Bonchev–Trinajstić information content (AvgIpc) is 3.44. The minimum absolute atomic E-state index is 0.252. The Bertz CT molecular complexity index is 1660. The lowest BCUT2D eigenvalue weighted by atomic mass is 10.0. The lowest BCUT2D eigenvalue weighted by Gasteiger charge is -2.20. The zero-order valence-electron chi connectivity index (χ0n) is 22.2. The van der Waals surface area contributed by atoms with Crippen molar-refractivity contribution >= 4 is 22.7 Å². The number of rotatable bonds is 6. The molecular formula is C32H30N2O4. The van der Waals surface area contributed by atoms with Gasteiger partial charge in [-0.05, 0) is 56.7 Å². The van der Waals surface area contributed by atoms with Crippen LogP contribution >= 0.6 is 0 Å². The molecule has 2 aromatic heterocycles. The Morgan fingerprint density at radius 1 is 0.658 bits per heavy atom. The van der Waals surface area contributed by atoms with E-state index in [1.807, 2.05) is 97.7 Å². The second kappa shape index (κ2) is 10.1. The Morgan fingerprint density at radius 3 is 1.82 bits per heavy atom. The van der Waals surface area contributed by atoms with Crippen molar-refractivity contribution in [2.45, 2.75) is 33.8 Å². The number of fused-ring (bicyclic) bond motifs is 1. The number of carbonyl (C=O) groups excluding carboxylic acids is 2. The highest BCUT2D eigenvalue weighted by Gasteiger charge is 2.26. The third-order valence-corrected chi connectivity index (χ3v) is 6.72. The molecule has 0 unspecified atom stereocenters. The molecule has 0 saturated carbocycles. The van der Waals surface area contributed by atoms with Gasteiger partial charge >= 0.3 is 11.9 Å². The van der Waals surface area contributed by atoms with E-state index in [1.165, 1.54) is 7.11 Å². The van der Waals surface area contributed by atoms with E-state index in [-0.39, 0.29) is 6.10 Å². The van der Waals surface area contributed by atoms with Crippen molar-refractivity contribution in [2.75, 3.05) is 7.11 Å². The van der Waals surface area contributed by atoms with E-state index >= 15 is 0 Å². The summed E-state index contributed by atoms with van der Waals surface area (Å²) in [4.78, 5) is 26.0.